The second kappa shape index (κ2) is 4.51. The van der Waals surface area contributed by atoms with Crippen molar-refractivity contribution in [3.05, 3.63) is 47.7 Å². The van der Waals surface area contributed by atoms with Crippen molar-refractivity contribution in [1.82, 2.24) is 9.47 Å². The highest BCUT2D eigenvalue weighted by atomic mass is 16.5. The van der Waals surface area contributed by atoms with E-state index in [4.69, 9.17) is 4.74 Å². The standard InChI is InChI=1S/C20H22N2O/c1-3-20-8-4-10-21-11-7-16-15-6-5-14(23-2)13-17(15)22(12-9-20)18(16)19(20)21/h4-6,8-9,12-13,19H,3,7,10-11H2,1-2H3. The Hall–Kier alpha value is -2.00. The average Bonchev–Trinajstić information content (AvgIpc) is 2.94. The van der Waals surface area contributed by atoms with Crippen LogP contribution >= 0.6 is 0 Å². The molecule has 0 spiro atoms. The number of methoxy groups -OCH3 is 1. The minimum Gasteiger partial charge on any atom is -0.497 e. The van der Waals surface area contributed by atoms with E-state index in [0.717, 1.165) is 31.7 Å². The molecule has 0 N–H and O–H groups in total. The highest BCUT2D eigenvalue weighted by Crippen LogP contribution is 2.53. The molecular formula is C20H22N2O. The van der Waals surface area contributed by atoms with Crippen molar-refractivity contribution < 1.29 is 4.74 Å². The molecule has 23 heavy (non-hydrogen) atoms. The third-order valence-electron chi connectivity index (χ3n) is 6.05. The maximum Gasteiger partial charge on any atom is 0.120 e. The fourth-order valence-corrected chi connectivity index (χ4v) is 4.86. The first-order valence-electron chi connectivity index (χ1n) is 8.59. The van der Waals surface area contributed by atoms with Crippen LogP contribution in [0.5, 0.6) is 5.75 Å². The van der Waals surface area contributed by atoms with Crippen molar-refractivity contribution in [1.29, 1.82) is 0 Å². The van der Waals surface area contributed by atoms with Crippen molar-refractivity contribution in [2.45, 2.75) is 25.8 Å². The molecule has 5 rings (SSSR count). The van der Waals surface area contributed by atoms with Gasteiger partial charge in [-0.1, -0.05) is 25.2 Å². The molecule has 4 heterocycles. The number of ether oxygens (including phenoxy) is 1. The SMILES string of the molecule is CCC12C=CCN3CCc4c(n(c5cc(OC)ccc45)C=C1)C32. The van der Waals surface area contributed by atoms with Gasteiger partial charge in [0.1, 0.15) is 5.75 Å². The van der Waals surface area contributed by atoms with E-state index in [-0.39, 0.29) is 5.41 Å². The van der Waals surface area contributed by atoms with Gasteiger partial charge in [-0.05, 0) is 30.5 Å². The van der Waals surface area contributed by atoms with Gasteiger partial charge in [0.25, 0.3) is 0 Å². The molecule has 0 aliphatic carbocycles. The number of aromatic nitrogens is 1. The molecule has 2 aromatic rings. The Kier molecular flexibility index (Phi) is 2.64. The lowest BCUT2D eigenvalue weighted by Crippen LogP contribution is -2.47. The molecule has 0 saturated heterocycles. The number of hydrogen-bond acceptors (Lipinski definition) is 2. The fourth-order valence-electron chi connectivity index (χ4n) is 4.86. The predicted molar refractivity (Wildman–Crippen MR) is 93.7 cm³/mol. The van der Waals surface area contributed by atoms with Crippen LogP contribution in [-0.4, -0.2) is 29.7 Å². The summed E-state index contributed by atoms with van der Waals surface area (Å²) in [7, 11) is 1.74. The first-order chi connectivity index (χ1) is 11.3. The summed E-state index contributed by atoms with van der Waals surface area (Å²) in [5, 5.41) is 1.39. The van der Waals surface area contributed by atoms with Gasteiger partial charge in [-0.25, -0.2) is 0 Å². The second-order valence-electron chi connectivity index (χ2n) is 6.95. The minimum atomic E-state index is 0.155. The van der Waals surface area contributed by atoms with Crippen molar-refractivity contribution >= 4 is 17.1 Å². The van der Waals surface area contributed by atoms with Crippen LogP contribution in [0.25, 0.3) is 17.1 Å². The molecule has 0 amide bonds. The summed E-state index contributed by atoms with van der Waals surface area (Å²) < 4.78 is 7.87. The third kappa shape index (κ3) is 1.58. The van der Waals surface area contributed by atoms with Gasteiger partial charge in [-0.2, -0.15) is 0 Å². The van der Waals surface area contributed by atoms with Crippen molar-refractivity contribution in [2.75, 3.05) is 20.2 Å². The van der Waals surface area contributed by atoms with Gasteiger partial charge in [0.15, 0.2) is 0 Å². The summed E-state index contributed by atoms with van der Waals surface area (Å²) in [6.07, 6.45) is 11.8. The van der Waals surface area contributed by atoms with E-state index in [1.807, 2.05) is 0 Å². The van der Waals surface area contributed by atoms with E-state index in [2.05, 4.69) is 59.0 Å². The normalized spacial score (nSPS) is 28.2. The molecule has 1 aromatic heterocycles. The average molecular weight is 306 g/mol. The summed E-state index contributed by atoms with van der Waals surface area (Å²) in [5.74, 6) is 0.935. The van der Waals surface area contributed by atoms with Crippen LogP contribution in [0, 0.1) is 5.41 Å². The zero-order valence-corrected chi connectivity index (χ0v) is 13.7. The Morgan fingerprint density at radius 1 is 1.30 bits per heavy atom. The van der Waals surface area contributed by atoms with Crippen LogP contribution in [0.2, 0.25) is 0 Å². The molecule has 3 nitrogen and oxygen atoms in total. The van der Waals surface area contributed by atoms with E-state index < -0.39 is 0 Å². The van der Waals surface area contributed by atoms with Crippen molar-refractivity contribution in [3.8, 4) is 5.75 Å². The molecule has 0 radical (unpaired) electrons. The topological polar surface area (TPSA) is 17.4 Å². The van der Waals surface area contributed by atoms with E-state index in [1.165, 1.54) is 16.6 Å². The fraction of sp³-hybridized carbons (Fsp3) is 0.400. The Morgan fingerprint density at radius 3 is 3.04 bits per heavy atom. The van der Waals surface area contributed by atoms with Crippen LogP contribution in [0.4, 0.5) is 0 Å². The monoisotopic (exact) mass is 306 g/mol. The molecule has 118 valence electrons. The highest BCUT2D eigenvalue weighted by molar-refractivity contribution is 5.89. The smallest absolute Gasteiger partial charge is 0.120 e. The van der Waals surface area contributed by atoms with Gasteiger partial charge in [0.05, 0.1) is 18.7 Å². The summed E-state index contributed by atoms with van der Waals surface area (Å²) >= 11 is 0. The van der Waals surface area contributed by atoms with Gasteiger partial charge < -0.3 is 9.30 Å². The lowest BCUT2D eigenvalue weighted by atomic mass is 9.70. The largest absolute Gasteiger partial charge is 0.497 e. The second-order valence-corrected chi connectivity index (χ2v) is 6.95. The molecule has 2 unspecified atom stereocenters. The van der Waals surface area contributed by atoms with E-state index in [9.17, 15) is 0 Å². The molecule has 3 aliphatic rings. The lowest BCUT2D eigenvalue weighted by molar-refractivity contribution is 0.103. The Labute approximate surface area is 136 Å². The number of hydrogen-bond donors (Lipinski definition) is 0. The zero-order chi connectivity index (χ0) is 15.6. The first kappa shape index (κ1) is 13.4. The summed E-state index contributed by atoms with van der Waals surface area (Å²) in [6.45, 7) is 4.54. The summed E-state index contributed by atoms with van der Waals surface area (Å²) in [6, 6.07) is 6.99. The van der Waals surface area contributed by atoms with Gasteiger partial charge in [-0.15, -0.1) is 0 Å². The van der Waals surface area contributed by atoms with Gasteiger partial charge in [0, 0.05) is 41.9 Å². The van der Waals surface area contributed by atoms with E-state index in [0.29, 0.717) is 6.04 Å². The van der Waals surface area contributed by atoms with Crippen molar-refractivity contribution in [3.63, 3.8) is 0 Å². The molecular weight excluding hydrogens is 284 g/mol. The molecule has 3 heteroatoms. The number of benzene rings is 1. The quantitative estimate of drug-likeness (QED) is 0.780. The zero-order valence-electron chi connectivity index (χ0n) is 13.7. The number of fused-ring (bicyclic) bond motifs is 3. The van der Waals surface area contributed by atoms with Gasteiger partial charge >= 0.3 is 0 Å². The Balaban J connectivity index is 1.85. The van der Waals surface area contributed by atoms with Gasteiger partial charge in [0.2, 0.25) is 0 Å². The molecule has 2 atom stereocenters. The third-order valence-corrected chi connectivity index (χ3v) is 6.05. The lowest BCUT2D eigenvalue weighted by Gasteiger charge is -2.50. The maximum atomic E-state index is 5.46. The van der Waals surface area contributed by atoms with Crippen LogP contribution < -0.4 is 4.74 Å². The molecule has 0 fully saturated rings. The molecule has 1 aromatic carbocycles. The van der Waals surface area contributed by atoms with Crippen LogP contribution in [0.1, 0.15) is 30.6 Å². The van der Waals surface area contributed by atoms with Crippen LogP contribution in [0.3, 0.4) is 0 Å². The maximum absolute atomic E-state index is 5.46. The Morgan fingerprint density at radius 2 is 2.22 bits per heavy atom. The van der Waals surface area contributed by atoms with Crippen LogP contribution in [-0.2, 0) is 6.42 Å². The van der Waals surface area contributed by atoms with E-state index in [1.54, 1.807) is 12.7 Å². The number of rotatable bonds is 2. The highest BCUT2D eigenvalue weighted by Gasteiger charge is 2.46. The van der Waals surface area contributed by atoms with E-state index >= 15 is 0 Å². The molecule has 0 bridgehead atoms. The van der Waals surface area contributed by atoms with Gasteiger partial charge in [-0.3, -0.25) is 4.90 Å². The van der Waals surface area contributed by atoms with Crippen molar-refractivity contribution in [2.24, 2.45) is 5.41 Å². The van der Waals surface area contributed by atoms with Crippen LogP contribution in [0.15, 0.2) is 36.4 Å². The predicted octanol–water partition coefficient (Wildman–Crippen LogP) is 4.00. The summed E-state index contributed by atoms with van der Waals surface area (Å²) in [5.41, 5.74) is 4.49. The Bertz CT molecular complexity index is 860. The molecule has 0 saturated carbocycles. The summed E-state index contributed by atoms with van der Waals surface area (Å²) in [4.78, 5) is 2.65. The first-order valence-corrected chi connectivity index (χ1v) is 8.59. The molecule has 3 aliphatic heterocycles. The minimum absolute atomic E-state index is 0.155. The number of nitrogens with zero attached hydrogens (tertiary/aromatic N) is 2.